The van der Waals surface area contributed by atoms with Crippen molar-refractivity contribution in [1.29, 1.82) is 0 Å². The van der Waals surface area contributed by atoms with E-state index < -0.39 is 6.10 Å². The van der Waals surface area contributed by atoms with Gasteiger partial charge in [0.05, 0.1) is 11.4 Å². The van der Waals surface area contributed by atoms with E-state index in [0.717, 1.165) is 5.56 Å². The molecular weight excluding hydrogens is 406 g/mol. The van der Waals surface area contributed by atoms with Gasteiger partial charge in [0.25, 0.3) is 11.5 Å². The summed E-state index contributed by atoms with van der Waals surface area (Å²) < 4.78 is 13.1. The maximum absolute atomic E-state index is 12.6. The first kappa shape index (κ1) is 21.1. The SMILES string of the molecule is Cc1ccn2c(=O)cc(COc3ccccc3NC(=O)C(C)Oc3ccccc3)nc2c1. The Bertz CT molecular complexity index is 1300. The molecule has 0 aliphatic rings. The Labute approximate surface area is 185 Å². The van der Waals surface area contributed by atoms with Gasteiger partial charge in [-0.05, 0) is 55.8 Å². The van der Waals surface area contributed by atoms with Gasteiger partial charge in [-0.2, -0.15) is 0 Å². The van der Waals surface area contributed by atoms with Gasteiger partial charge in [0.15, 0.2) is 6.10 Å². The zero-order valence-electron chi connectivity index (χ0n) is 17.8. The fraction of sp³-hybridized carbons (Fsp3) is 0.160. The normalized spacial score (nSPS) is 11.7. The van der Waals surface area contributed by atoms with Crippen LogP contribution in [0.5, 0.6) is 11.5 Å². The van der Waals surface area contributed by atoms with Crippen molar-refractivity contribution in [3.63, 3.8) is 0 Å². The standard InChI is InChI=1S/C25H23N3O4/c1-17-12-13-28-23(14-17)26-19(15-24(28)29)16-31-22-11-7-6-10-21(22)27-25(30)18(2)32-20-8-4-3-5-9-20/h3-15,18H,16H2,1-2H3,(H,27,30). The number of aryl methyl sites for hydroxylation is 1. The second-order valence-corrected chi connectivity index (χ2v) is 7.37. The Hall–Kier alpha value is -4.13. The Morgan fingerprint density at radius 2 is 1.81 bits per heavy atom. The number of nitrogens with one attached hydrogen (secondary N) is 1. The molecule has 2 aromatic carbocycles. The summed E-state index contributed by atoms with van der Waals surface area (Å²) in [5.41, 5.74) is 2.40. The lowest BCUT2D eigenvalue weighted by atomic mass is 10.2. The summed E-state index contributed by atoms with van der Waals surface area (Å²) in [4.78, 5) is 29.5. The number of fused-ring (bicyclic) bond motifs is 1. The highest BCUT2D eigenvalue weighted by Gasteiger charge is 2.17. The highest BCUT2D eigenvalue weighted by atomic mass is 16.5. The number of ether oxygens (including phenoxy) is 2. The zero-order valence-corrected chi connectivity index (χ0v) is 17.8. The molecule has 0 bridgehead atoms. The van der Waals surface area contributed by atoms with Crippen LogP contribution >= 0.6 is 0 Å². The lowest BCUT2D eigenvalue weighted by molar-refractivity contribution is -0.122. The monoisotopic (exact) mass is 429 g/mol. The van der Waals surface area contributed by atoms with E-state index in [9.17, 15) is 9.59 Å². The van der Waals surface area contributed by atoms with Crippen molar-refractivity contribution >= 4 is 17.2 Å². The highest BCUT2D eigenvalue weighted by molar-refractivity contribution is 5.95. The number of aromatic nitrogens is 2. The molecule has 0 saturated heterocycles. The molecule has 0 spiro atoms. The predicted octanol–water partition coefficient (Wildman–Crippen LogP) is 3.99. The average molecular weight is 429 g/mol. The number of nitrogens with zero attached hydrogens (tertiary/aromatic N) is 2. The van der Waals surface area contributed by atoms with E-state index >= 15 is 0 Å². The molecule has 7 heteroatoms. The van der Waals surface area contributed by atoms with Crippen LogP contribution in [-0.4, -0.2) is 21.4 Å². The number of anilines is 1. The first-order valence-corrected chi connectivity index (χ1v) is 10.2. The van der Waals surface area contributed by atoms with Crippen LogP contribution in [0.3, 0.4) is 0 Å². The molecule has 0 aliphatic heterocycles. The third kappa shape index (κ3) is 4.95. The topological polar surface area (TPSA) is 81.9 Å². The molecule has 4 rings (SSSR count). The van der Waals surface area contributed by atoms with Crippen molar-refractivity contribution in [1.82, 2.24) is 9.38 Å². The Morgan fingerprint density at radius 1 is 1.06 bits per heavy atom. The van der Waals surface area contributed by atoms with Crippen molar-refractivity contribution in [2.24, 2.45) is 0 Å². The lowest BCUT2D eigenvalue weighted by Crippen LogP contribution is -2.30. The van der Waals surface area contributed by atoms with Crippen molar-refractivity contribution in [3.05, 3.63) is 101 Å². The summed E-state index contributed by atoms with van der Waals surface area (Å²) in [5, 5.41) is 2.84. The van der Waals surface area contributed by atoms with Crippen molar-refractivity contribution < 1.29 is 14.3 Å². The molecule has 4 aromatic rings. The fourth-order valence-electron chi connectivity index (χ4n) is 3.17. The maximum Gasteiger partial charge on any atom is 0.265 e. The molecule has 1 atom stereocenters. The molecular formula is C25H23N3O4. The van der Waals surface area contributed by atoms with Crippen LogP contribution in [0.2, 0.25) is 0 Å². The van der Waals surface area contributed by atoms with Gasteiger partial charge in [-0.3, -0.25) is 14.0 Å². The highest BCUT2D eigenvalue weighted by Crippen LogP contribution is 2.25. The summed E-state index contributed by atoms with van der Waals surface area (Å²) in [5.74, 6) is 0.782. The molecule has 162 valence electrons. The van der Waals surface area contributed by atoms with Gasteiger partial charge in [0, 0.05) is 12.3 Å². The number of rotatable bonds is 7. The average Bonchev–Trinajstić information content (AvgIpc) is 2.79. The summed E-state index contributed by atoms with van der Waals surface area (Å²) in [6, 6.07) is 21.4. The summed E-state index contributed by atoms with van der Waals surface area (Å²) in [6.07, 6.45) is 1.00. The maximum atomic E-state index is 12.6. The van der Waals surface area contributed by atoms with E-state index in [2.05, 4.69) is 10.3 Å². The number of benzene rings is 2. The molecule has 0 fully saturated rings. The second-order valence-electron chi connectivity index (χ2n) is 7.37. The molecule has 1 unspecified atom stereocenters. The number of pyridine rings is 1. The molecule has 32 heavy (non-hydrogen) atoms. The van der Waals surface area contributed by atoms with E-state index in [-0.39, 0.29) is 18.1 Å². The van der Waals surface area contributed by atoms with E-state index in [4.69, 9.17) is 9.47 Å². The number of hydrogen-bond acceptors (Lipinski definition) is 5. The van der Waals surface area contributed by atoms with Crippen LogP contribution in [0.1, 0.15) is 18.2 Å². The van der Waals surface area contributed by atoms with E-state index in [0.29, 0.717) is 28.5 Å². The largest absolute Gasteiger partial charge is 0.485 e. The Balaban J connectivity index is 1.46. The van der Waals surface area contributed by atoms with Crippen LogP contribution in [0.15, 0.2) is 83.8 Å². The van der Waals surface area contributed by atoms with Gasteiger partial charge in [-0.15, -0.1) is 0 Å². The molecule has 1 N–H and O–H groups in total. The first-order valence-electron chi connectivity index (χ1n) is 10.2. The van der Waals surface area contributed by atoms with Gasteiger partial charge in [0.1, 0.15) is 23.8 Å². The summed E-state index contributed by atoms with van der Waals surface area (Å²) in [7, 11) is 0. The second kappa shape index (κ2) is 9.34. The molecule has 2 heterocycles. The third-order valence-electron chi connectivity index (χ3n) is 4.82. The number of para-hydroxylation sites is 3. The zero-order chi connectivity index (χ0) is 22.5. The van der Waals surface area contributed by atoms with Gasteiger partial charge in [-0.1, -0.05) is 30.3 Å². The minimum Gasteiger partial charge on any atom is -0.485 e. The molecule has 7 nitrogen and oxygen atoms in total. The van der Waals surface area contributed by atoms with Crippen LogP contribution in [0, 0.1) is 6.92 Å². The van der Waals surface area contributed by atoms with Crippen LogP contribution < -0.4 is 20.3 Å². The Kier molecular flexibility index (Phi) is 6.17. The van der Waals surface area contributed by atoms with Crippen molar-refractivity contribution in [3.8, 4) is 11.5 Å². The summed E-state index contributed by atoms with van der Waals surface area (Å²) in [6.45, 7) is 3.71. The number of amides is 1. The molecule has 0 saturated carbocycles. The number of hydrogen-bond donors (Lipinski definition) is 1. The van der Waals surface area contributed by atoms with Gasteiger partial charge in [-0.25, -0.2) is 4.98 Å². The third-order valence-corrected chi connectivity index (χ3v) is 4.82. The molecule has 2 aromatic heterocycles. The quantitative estimate of drug-likeness (QED) is 0.480. The van der Waals surface area contributed by atoms with Gasteiger partial charge >= 0.3 is 0 Å². The van der Waals surface area contributed by atoms with Crippen LogP contribution in [-0.2, 0) is 11.4 Å². The van der Waals surface area contributed by atoms with Crippen molar-refractivity contribution in [2.45, 2.75) is 26.6 Å². The molecule has 1 amide bonds. The first-order chi connectivity index (χ1) is 15.5. The van der Waals surface area contributed by atoms with Crippen molar-refractivity contribution in [2.75, 3.05) is 5.32 Å². The fourth-order valence-corrected chi connectivity index (χ4v) is 3.17. The van der Waals surface area contributed by atoms with Gasteiger partial charge < -0.3 is 14.8 Å². The van der Waals surface area contributed by atoms with Crippen LogP contribution in [0.25, 0.3) is 5.65 Å². The minimum absolute atomic E-state index is 0.0859. The van der Waals surface area contributed by atoms with E-state index in [1.807, 2.05) is 37.3 Å². The molecule has 0 aliphatic carbocycles. The summed E-state index contributed by atoms with van der Waals surface area (Å²) >= 11 is 0. The smallest absolute Gasteiger partial charge is 0.265 e. The molecule has 0 radical (unpaired) electrons. The Morgan fingerprint density at radius 3 is 2.62 bits per heavy atom. The number of carbonyl (C=O) groups excluding carboxylic acids is 1. The van der Waals surface area contributed by atoms with Crippen LogP contribution in [0.4, 0.5) is 5.69 Å². The predicted molar refractivity (Wildman–Crippen MR) is 122 cm³/mol. The van der Waals surface area contributed by atoms with E-state index in [1.54, 1.807) is 49.5 Å². The minimum atomic E-state index is -0.698. The lowest BCUT2D eigenvalue weighted by Gasteiger charge is -2.16. The number of carbonyl (C=O) groups is 1. The van der Waals surface area contributed by atoms with E-state index in [1.165, 1.54) is 10.5 Å². The van der Waals surface area contributed by atoms with Gasteiger partial charge in [0.2, 0.25) is 0 Å².